The number of halogens is 4. The van der Waals surface area contributed by atoms with Crippen LogP contribution in [0.3, 0.4) is 0 Å². The number of pyridine rings is 1. The number of hydrogen-bond acceptors (Lipinski definition) is 6. The fraction of sp³-hybridized carbons (Fsp3) is 0.444. The van der Waals surface area contributed by atoms with Gasteiger partial charge in [-0.2, -0.15) is 17.6 Å². The Morgan fingerprint density at radius 3 is 2.52 bits per heavy atom. The number of hydrogen-bond donors (Lipinski definition) is 1. The number of rotatable bonds is 3. The molecular weight excluding hydrogens is 396 g/mol. The van der Waals surface area contributed by atoms with Gasteiger partial charge in [0.05, 0.1) is 5.69 Å². The van der Waals surface area contributed by atoms with E-state index in [-0.39, 0.29) is 30.1 Å². The van der Waals surface area contributed by atoms with Crippen LogP contribution >= 0.6 is 0 Å². The van der Waals surface area contributed by atoms with E-state index in [4.69, 9.17) is 4.52 Å². The van der Waals surface area contributed by atoms with E-state index in [2.05, 4.69) is 15.5 Å². The van der Waals surface area contributed by atoms with E-state index in [1.165, 1.54) is 6.07 Å². The van der Waals surface area contributed by atoms with Crippen LogP contribution in [0.2, 0.25) is 0 Å². The third-order valence-corrected chi connectivity index (χ3v) is 4.42. The second kappa shape index (κ2) is 7.12. The molecule has 11 heteroatoms. The van der Waals surface area contributed by atoms with Gasteiger partial charge in [0, 0.05) is 24.4 Å². The Kier molecular flexibility index (Phi) is 5.10. The van der Waals surface area contributed by atoms with Crippen molar-refractivity contribution in [1.29, 1.82) is 0 Å². The summed E-state index contributed by atoms with van der Waals surface area (Å²) < 4.78 is 57.1. The van der Waals surface area contributed by atoms with Crippen molar-refractivity contribution in [2.75, 3.05) is 16.8 Å². The number of anilines is 2. The van der Waals surface area contributed by atoms with Gasteiger partial charge in [-0.05, 0) is 12.1 Å². The van der Waals surface area contributed by atoms with E-state index in [1.54, 1.807) is 0 Å². The number of Topliss-reactive ketones (excluding diaryl/α,β-unsaturated/α-hetero) is 1. The van der Waals surface area contributed by atoms with Gasteiger partial charge in [-0.15, -0.1) is 0 Å². The molecule has 2 aromatic heterocycles. The highest BCUT2D eigenvalue weighted by atomic mass is 19.4. The molecule has 29 heavy (non-hydrogen) atoms. The van der Waals surface area contributed by atoms with E-state index in [9.17, 15) is 27.2 Å². The van der Waals surface area contributed by atoms with E-state index in [0.717, 1.165) is 11.0 Å². The monoisotopic (exact) mass is 414 g/mol. The minimum absolute atomic E-state index is 0.0123. The summed E-state index contributed by atoms with van der Waals surface area (Å²) in [6.45, 7) is 5.69. The smallest absolute Gasteiger partial charge is 0.338 e. The van der Waals surface area contributed by atoms with E-state index < -0.39 is 35.4 Å². The second-order valence-electron chi connectivity index (χ2n) is 7.63. The lowest BCUT2D eigenvalue weighted by Crippen LogP contribution is -2.44. The van der Waals surface area contributed by atoms with Crippen LogP contribution in [0.25, 0.3) is 0 Å². The predicted molar refractivity (Wildman–Crippen MR) is 93.8 cm³/mol. The van der Waals surface area contributed by atoms with E-state index in [1.807, 2.05) is 20.8 Å². The predicted octanol–water partition coefficient (Wildman–Crippen LogP) is 3.31. The molecule has 1 aliphatic rings. The summed E-state index contributed by atoms with van der Waals surface area (Å²) in [6.07, 6.45) is -4.93. The maximum atomic E-state index is 13.8. The van der Waals surface area contributed by atoms with Crippen molar-refractivity contribution in [3.05, 3.63) is 35.4 Å². The molecule has 1 saturated heterocycles. The minimum atomic E-state index is -4.90. The molecule has 1 atom stereocenters. The van der Waals surface area contributed by atoms with Crippen LogP contribution in [0.1, 0.15) is 38.4 Å². The molecule has 2 aromatic rings. The summed E-state index contributed by atoms with van der Waals surface area (Å²) >= 11 is 0. The Bertz CT molecular complexity index is 949. The molecule has 0 radical (unpaired) electrons. The third kappa shape index (κ3) is 4.22. The van der Waals surface area contributed by atoms with Gasteiger partial charge in [0.15, 0.2) is 11.8 Å². The first-order chi connectivity index (χ1) is 13.4. The zero-order valence-electron chi connectivity index (χ0n) is 15.8. The molecule has 3 rings (SSSR count). The summed E-state index contributed by atoms with van der Waals surface area (Å²) in [5, 5.41) is 6.28. The van der Waals surface area contributed by atoms with Crippen LogP contribution < -0.4 is 10.2 Å². The molecule has 1 amide bonds. The maximum absolute atomic E-state index is 13.8. The van der Waals surface area contributed by atoms with Crippen molar-refractivity contribution < 1.29 is 31.7 Å². The van der Waals surface area contributed by atoms with Gasteiger partial charge in [-0.3, -0.25) is 14.9 Å². The van der Waals surface area contributed by atoms with E-state index in [0.29, 0.717) is 11.8 Å². The van der Waals surface area contributed by atoms with Crippen LogP contribution in [0.15, 0.2) is 22.7 Å². The molecule has 1 aliphatic heterocycles. The molecule has 1 N–H and O–H groups in total. The Morgan fingerprint density at radius 1 is 1.28 bits per heavy atom. The van der Waals surface area contributed by atoms with Crippen LogP contribution in [0, 0.1) is 5.95 Å². The molecule has 0 unspecified atom stereocenters. The first-order valence-electron chi connectivity index (χ1n) is 8.69. The van der Waals surface area contributed by atoms with Gasteiger partial charge in [-0.25, -0.2) is 4.98 Å². The van der Waals surface area contributed by atoms with Gasteiger partial charge in [-0.1, -0.05) is 25.9 Å². The number of ketones is 1. The SMILES string of the molecule is CC(C)(C)c1cc(NC(=O)[C@@H]2C(=O)CCN2c2ccc(C(F)(F)F)c(F)n2)on1. The van der Waals surface area contributed by atoms with Gasteiger partial charge < -0.3 is 9.42 Å². The lowest BCUT2D eigenvalue weighted by molar-refractivity contribution is -0.140. The van der Waals surface area contributed by atoms with Crippen LogP contribution in [0.5, 0.6) is 0 Å². The Morgan fingerprint density at radius 2 is 1.97 bits per heavy atom. The lowest BCUT2D eigenvalue weighted by Gasteiger charge is -2.23. The lowest BCUT2D eigenvalue weighted by atomic mass is 9.92. The normalized spacial score (nSPS) is 17.7. The van der Waals surface area contributed by atoms with Crippen LogP contribution in [0.4, 0.5) is 29.3 Å². The third-order valence-electron chi connectivity index (χ3n) is 4.42. The Balaban J connectivity index is 1.82. The molecule has 0 aliphatic carbocycles. The number of amides is 1. The molecule has 1 fully saturated rings. The van der Waals surface area contributed by atoms with Crippen LogP contribution in [-0.2, 0) is 21.2 Å². The molecule has 0 aromatic carbocycles. The molecule has 0 saturated carbocycles. The van der Waals surface area contributed by atoms with Crippen LogP contribution in [-0.4, -0.2) is 34.4 Å². The molecule has 3 heterocycles. The molecule has 156 valence electrons. The quantitative estimate of drug-likeness (QED) is 0.471. The maximum Gasteiger partial charge on any atom is 0.420 e. The summed E-state index contributed by atoms with van der Waals surface area (Å²) in [4.78, 5) is 29.3. The molecule has 0 bridgehead atoms. The van der Waals surface area contributed by atoms with Crippen molar-refractivity contribution >= 4 is 23.4 Å². The number of alkyl halides is 3. The topological polar surface area (TPSA) is 88.3 Å². The summed E-state index contributed by atoms with van der Waals surface area (Å²) in [6, 6.07) is 1.60. The highest BCUT2D eigenvalue weighted by molar-refractivity contribution is 6.14. The minimum Gasteiger partial charge on any atom is -0.338 e. The average Bonchev–Trinajstić information content (AvgIpc) is 3.20. The second-order valence-corrected chi connectivity index (χ2v) is 7.63. The molecular formula is C18H18F4N4O3. The molecule has 7 nitrogen and oxygen atoms in total. The number of nitrogens with one attached hydrogen (secondary N) is 1. The Labute approximate surface area is 163 Å². The fourth-order valence-corrected chi connectivity index (χ4v) is 2.88. The zero-order chi connectivity index (χ0) is 21.6. The number of carbonyl (C=O) groups is 2. The zero-order valence-corrected chi connectivity index (χ0v) is 15.8. The van der Waals surface area contributed by atoms with Gasteiger partial charge >= 0.3 is 6.18 Å². The van der Waals surface area contributed by atoms with E-state index >= 15 is 0 Å². The van der Waals surface area contributed by atoms with Crippen molar-refractivity contribution in [2.45, 2.75) is 44.8 Å². The first-order valence-corrected chi connectivity index (χ1v) is 8.69. The van der Waals surface area contributed by atoms with Gasteiger partial charge in [0.2, 0.25) is 11.8 Å². The van der Waals surface area contributed by atoms with Crippen molar-refractivity contribution in [3.8, 4) is 0 Å². The highest BCUT2D eigenvalue weighted by Crippen LogP contribution is 2.33. The van der Waals surface area contributed by atoms with Gasteiger partial charge in [0.1, 0.15) is 11.4 Å². The first kappa shape index (κ1) is 20.7. The number of carbonyl (C=O) groups excluding carboxylic acids is 2. The van der Waals surface area contributed by atoms with Crippen molar-refractivity contribution in [3.63, 3.8) is 0 Å². The number of nitrogens with zero attached hydrogens (tertiary/aromatic N) is 3. The summed E-state index contributed by atoms with van der Waals surface area (Å²) in [7, 11) is 0. The fourth-order valence-electron chi connectivity index (χ4n) is 2.88. The molecule has 0 spiro atoms. The largest absolute Gasteiger partial charge is 0.420 e. The highest BCUT2D eigenvalue weighted by Gasteiger charge is 2.41. The standard InChI is InChI=1S/C18H18F4N4O3/c1-17(2,3)11-8-13(29-25-11)24-16(28)14-10(27)6-7-26(14)12-5-4-9(15(19)23-12)18(20,21)22/h4-5,8,14H,6-7H2,1-3H3,(H,24,28)/t14-/m0/s1. The van der Waals surface area contributed by atoms with Crippen molar-refractivity contribution in [1.82, 2.24) is 10.1 Å². The number of aromatic nitrogens is 2. The van der Waals surface area contributed by atoms with Crippen molar-refractivity contribution in [2.24, 2.45) is 0 Å². The average molecular weight is 414 g/mol. The Hall–Kier alpha value is -2.98. The summed E-state index contributed by atoms with van der Waals surface area (Å²) in [5.41, 5.74) is -1.28. The summed E-state index contributed by atoms with van der Waals surface area (Å²) in [5.74, 6) is -3.19. The van der Waals surface area contributed by atoms with Gasteiger partial charge in [0.25, 0.3) is 5.91 Å².